The first-order chi connectivity index (χ1) is 4.56. The van der Waals surface area contributed by atoms with Crippen LogP contribution in [0.4, 0.5) is 0 Å². The van der Waals surface area contributed by atoms with Crippen molar-refractivity contribution in [2.75, 3.05) is 6.54 Å². The van der Waals surface area contributed by atoms with Crippen LogP contribution in [-0.4, -0.2) is 17.6 Å². The van der Waals surface area contributed by atoms with E-state index < -0.39 is 5.97 Å². The van der Waals surface area contributed by atoms with Gasteiger partial charge in [-0.15, -0.1) is 0 Å². The number of carboxylic acids is 1. The fraction of sp³-hybridized carbons (Fsp3) is 0.429. The second-order valence-corrected chi connectivity index (χ2v) is 1.73. The summed E-state index contributed by atoms with van der Waals surface area (Å²) in [6.45, 7) is 8.79. The number of carboxylic acid groups (broad SMARTS) is 1. The molecule has 3 nitrogen and oxygen atoms in total. The summed E-state index contributed by atoms with van der Waals surface area (Å²) in [5.74, 6) is -0.935. The van der Waals surface area contributed by atoms with Crippen LogP contribution < -0.4 is 57.1 Å². The molecule has 0 saturated heterocycles. The minimum absolute atomic E-state index is 0. The first-order valence-corrected chi connectivity index (χ1v) is 2.94. The average Bonchev–Trinajstić information content (AvgIpc) is 1.89. The summed E-state index contributed by atoms with van der Waals surface area (Å²) < 4.78 is 0. The SMILES string of the molecule is C=C(C)C(=O)O.[CH2-]CCN.[K+]. The van der Waals surface area contributed by atoms with Gasteiger partial charge in [0.2, 0.25) is 0 Å². The predicted molar refractivity (Wildman–Crippen MR) is 41.5 cm³/mol. The van der Waals surface area contributed by atoms with Crippen LogP contribution in [0.3, 0.4) is 0 Å². The number of nitrogens with two attached hydrogens (primary N) is 1. The number of aliphatic carboxylic acids is 1. The number of rotatable bonds is 2. The molecule has 0 bridgehead atoms. The minimum Gasteiger partial charge on any atom is -0.478 e. The van der Waals surface area contributed by atoms with Crippen LogP contribution in [0, 0.1) is 6.92 Å². The maximum absolute atomic E-state index is 9.60. The van der Waals surface area contributed by atoms with Crippen LogP contribution in [0.5, 0.6) is 0 Å². The van der Waals surface area contributed by atoms with Gasteiger partial charge in [0.15, 0.2) is 0 Å². The molecule has 0 aliphatic rings. The molecule has 60 valence electrons. The van der Waals surface area contributed by atoms with Gasteiger partial charge >= 0.3 is 57.4 Å². The van der Waals surface area contributed by atoms with Crippen LogP contribution in [0.2, 0.25) is 0 Å². The molecule has 0 fully saturated rings. The number of hydrogen-bond acceptors (Lipinski definition) is 2. The Kier molecular flexibility index (Phi) is 21.7. The Bertz CT molecular complexity index is 101. The predicted octanol–water partition coefficient (Wildman–Crippen LogP) is -2.18. The monoisotopic (exact) mass is 183 g/mol. The van der Waals surface area contributed by atoms with E-state index in [0.29, 0.717) is 6.54 Å². The Morgan fingerprint density at radius 2 is 1.91 bits per heavy atom. The molecule has 0 aliphatic heterocycles. The van der Waals surface area contributed by atoms with E-state index in [4.69, 9.17) is 10.8 Å². The Morgan fingerprint density at radius 1 is 1.73 bits per heavy atom. The van der Waals surface area contributed by atoms with Gasteiger partial charge in [-0.2, -0.15) is 6.42 Å². The van der Waals surface area contributed by atoms with Crippen molar-refractivity contribution in [1.29, 1.82) is 0 Å². The summed E-state index contributed by atoms with van der Waals surface area (Å²) in [4.78, 5) is 9.60. The third kappa shape index (κ3) is 24.9. The summed E-state index contributed by atoms with van der Waals surface area (Å²) >= 11 is 0. The first kappa shape index (κ1) is 17.8. The summed E-state index contributed by atoms with van der Waals surface area (Å²) in [7, 11) is 0. The average molecular weight is 183 g/mol. The van der Waals surface area contributed by atoms with Crippen LogP contribution >= 0.6 is 0 Å². The standard InChI is InChI=1S/C4H6O2.C3H8N.K/c1-3(2)4(5)6;1-2-3-4;/h1H2,2H3,(H,5,6);1-4H2;/q;-1;+1. The molecule has 0 unspecified atom stereocenters. The Morgan fingerprint density at radius 3 is 1.91 bits per heavy atom. The molecule has 0 aromatic carbocycles. The Hall–Kier alpha value is 0.806. The molecule has 3 N–H and O–H groups in total. The molecule has 0 rings (SSSR count). The van der Waals surface area contributed by atoms with Crippen molar-refractivity contribution in [1.82, 2.24) is 0 Å². The van der Waals surface area contributed by atoms with Crippen LogP contribution in [0.1, 0.15) is 13.3 Å². The van der Waals surface area contributed by atoms with E-state index in [1.807, 2.05) is 0 Å². The zero-order valence-electron chi connectivity index (χ0n) is 7.26. The van der Waals surface area contributed by atoms with E-state index in [2.05, 4.69) is 13.5 Å². The van der Waals surface area contributed by atoms with Gasteiger partial charge in [-0.3, -0.25) is 0 Å². The zero-order valence-corrected chi connectivity index (χ0v) is 10.4. The van der Waals surface area contributed by atoms with Gasteiger partial charge in [-0.25, -0.2) is 4.79 Å². The number of carbonyl (C=O) groups is 1. The first-order valence-electron chi connectivity index (χ1n) is 2.94. The molecule has 0 spiro atoms. The van der Waals surface area contributed by atoms with Crippen molar-refractivity contribution in [2.45, 2.75) is 13.3 Å². The van der Waals surface area contributed by atoms with Gasteiger partial charge in [0.25, 0.3) is 0 Å². The second-order valence-electron chi connectivity index (χ2n) is 1.73. The van der Waals surface area contributed by atoms with E-state index in [-0.39, 0.29) is 57.0 Å². The third-order valence-electron chi connectivity index (χ3n) is 0.569. The van der Waals surface area contributed by atoms with Gasteiger partial charge in [0.05, 0.1) is 0 Å². The van der Waals surface area contributed by atoms with Gasteiger partial charge in [-0.1, -0.05) is 6.58 Å². The van der Waals surface area contributed by atoms with E-state index in [9.17, 15) is 4.79 Å². The van der Waals surface area contributed by atoms with Crippen molar-refractivity contribution in [2.24, 2.45) is 5.73 Å². The van der Waals surface area contributed by atoms with E-state index in [0.717, 1.165) is 6.42 Å². The van der Waals surface area contributed by atoms with Crippen LogP contribution in [-0.2, 0) is 4.79 Å². The summed E-state index contributed by atoms with van der Waals surface area (Å²) in [5, 5.41) is 7.89. The molecule has 0 radical (unpaired) electrons. The maximum atomic E-state index is 9.60. The Labute approximate surface area is 110 Å². The molecular weight excluding hydrogens is 169 g/mol. The largest absolute Gasteiger partial charge is 1.00 e. The van der Waals surface area contributed by atoms with Crippen molar-refractivity contribution < 1.29 is 61.3 Å². The van der Waals surface area contributed by atoms with Crippen LogP contribution in [0.15, 0.2) is 12.2 Å². The fourth-order valence-corrected chi connectivity index (χ4v) is 0. The topological polar surface area (TPSA) is 63.3 Å². The van der Waals surface area contributed by atoms with E-state index in [1.165, 1.54) is 6.92 Å². The molecule has 0 saturated carbocycles. The molecule has 0 heterocycles. The quantitative estimate of drug-likeness (QED) is 0.291. The fourth-order valence-electron chi connectivity index (χ4n) is 0. The van der Waals surface area contributed by atoms with Gasteiger partial charge in [0.1, 0.15) is 0 Å². The summed E-state index contributed by atoms with van der Waals surface area (Å²) in [6.07, 6.45) is 0.847. The maximum Gasteiger partial charge on any atom is 1.00 e. The molecule has 11 heavy (non-hydrogen) atoms. The molecule has 0 atom stereocenters. The van der Waals surface area contributed by atoms with Crippen molar-refractivity contribution in [3.63, 3.8) is 0 Å². The van der Waals surface area contributed by atoms with Gasteiger partial charge in [-0.05, 0) is 13.5 Å². The second kappa shape index (κ2) is 13.4. The van der Waals surface area contributed by atoms with Crippen LogP contribution in [0.25, 0.3) is 0 Å². The number of hydrogen-bond donors (Lipinski definition) is 2. The van der Waals surface area contributed by atoms with E-state index in [1.54, 1.807) is 0 Å². The molecule has 4 heteroatoms. The van der Waals surface area contributed by atoms with Crippen molar-refractivity contribution >= 4 is 5.97 Å². The van der Waals surface area contributed by atoms with Gasteiger partial charge in [0, 0.05) is 5.57 Å². The van der Waals surface area contributed by atoms with Crippen molar-refractivity contribution in [3.8, 4) is 0 Å². The van der Waals surface area contributed by atoms with Crippen molar-refractivity contribution in [3.05, 3.63) is 19.1 Å². The van der Waals surface area contributed by atoms with Gasteiger partial charge < -0.3 is 17.8 Å². The van der Waals surface area contributed by atoms with E-state index >= 15 is 0 Å². The third-order valence-corrected chi connectivity index (χ3v) is 0.569. The molecule has 0 aromatic heterocycles. The normalized spacial score (nSPS) is 6.82. The Balaban J connectivity index is -0.000000114. The molecule has 0 aliphatic carbocycles. The zero-order chi connectivity index (χ0) is 8.57. The summed E-state index contributed by atoms with van der Waals surface area (Å²) in [6, 6.07) is 0. The summed E-state index contributed by atoms with van der Waals surface area (Å²) in [5.41, 5.74) is 5.14. The molecule has 0 amide bonds. The minimum atomic E-state index is -0.935. The molecule has 0 aromatic rings. The molecular formula is C7H14KNO2. The smallest absolute Gasteiger partial charge is 0.478 e.